The molecule has 18 heavy (non-hydrogen) atoms. The summed E-state index contributed by atoms with van der Waals surface area (Å²) in [6.07, 6.45) is 1.69. The highest BCUT2D eigenvalue weighted by molar-refractivity contribution is 5.96. The molecular weight excluding hydrogens is 237 g/mol. The van der Waals surface area contributed by atoms with Crippen LogP contribution < -0.4 is 5.32 Å². The minimum absolute atomic E-state index is 0.0635. The Labute approximate surface area is 106 Å². The van der Waals surface area contributed by atoms with Gasteiger partial charge in [-0.15, -0.1) is 0 Å². The average molecular weight is 255 g/mol. The van der Waals surface area contributed by atoms with Gasteiger partial charge >= 0.3 is 0 Å². The van der Waals surface area contributed by atoms with Crippen molar-refractivity contribution in [1.29, 1.82) is 0 Å². The van der Waals surface area contributed by atoms with Gasteiger partial charge in [0.1, 0.15) is 11.6 Å². The molecule has 1 atom stereocenters. The number of methoxy groups -OCH3 is 1. The first-order valence-corrected chi connectivity index (χ1v) is 5.86. The third kappa shape index (κ3) is 4.00. The van der Waals surface area contributed by atoms with Crippen LogP contribution in [-0.2, 0) is 4.74 Å². The van der Waals surface area contributed by atoms with Crippen LogP contribution in [0.1, 0.15) is 30.1 Å². The Hall–Kier alpha value is -1.62. The van der Waals surface area contributed by atoms with E-state index in [1.165, 1.54) is 6.07 Å². The molecular formula is C13H18FNO3. The lowest BCUT2D eigenvalue weighted by Gasteiger charge is -2.17. The van der Waals surface area contributed by atoms with Gasteiger partial charge in [-0.25, -0.2) is 4.39 Å². The molecule has 0 aliphatic rings. The van der Waals surface area contributed by atoms with Gasteiger partial charge in [0.25, 0.3) is 5.91 Å². The molecule has 1 rings (SSSR count). The zero-order chi connectivity index (χ0) is 13.5. The highest BCUT2D eigenvalue weighted by Gasteiger charge is 2.16. The zero-order valence-electron chi connectivity index (χ0n) is 10.6. The van der Waals surface area contributed by atoms with E-state index < -0.39 is 11.7 Å². The number of amides is 1. The fraction of sp³-hybridized carbons (Fsp3) is 0.462. The van der Waals surface area contributed by atoms with Crippen LogP contribution >= 0.6 is 0 Å². The smallest absolute Gasteiger partial charge is 0.255 e. The van der Waals surface area contributed by atoms with Gasteiger partial charge in [-0.1, -0.05) is 13.3 Å². The number of halogens is 1. The first-order chi connectivity index (χ1) is 8.58. The Morgan fingerprint density at radius 1 is 1.56 bits per heavy atom. The summed E-state index contributed by atoms with van der Waals surface area (Å²) in [5.41, 5.74) is 0.0635. The summed E-state index contributed by atoms with van der Waals surface area (Å²) in [6, 6.07) is 3.20. The van der Waals surface area contributed by atoms with E-state index in [0.717, 1.165) is 25.0 Å². The van der Waals surface area contributed by atoms with Crippen LogP contribution in [0, 0.1) is 5.82 Å². The van der Waals surface area contributed by atoms with E-state index in [4.69, 9.17) is 4.74 Å². The summed E-state index contributed by atoms with van der Waals surface area (Å²) < 4.78 is 17.8. The quantitative estimate of drug-likeness (QED) is 0.818. The Morgan fingerprint density at radius 3 is 2.83 bits per heavy atom. The van der Waals surface area contributed by atoms with Crippen molar-refractivity contribution in [3.63, 3.8) is 0 Å². The Kier molecular flexibility index (Phi) is 5.58. The molecule has 1 aromatic rings. The molecule has 0 saturated heterocycles. The van der Waals surface area contributed by atoms with Gasteiger partial charge in [0.15, 0.2) is 0 Å². The number of rotatable bonds is 6. The monoisotopic (exact) mass is 255 g/mol. The number of hydrogen-bond donors (Lipinski definition) is 2. The lowest BCUT2D eigenvalue weighted by molar-refractivity contribution is 0.0889. The van der Waals surface area contributed by atoms with Gasteiger partial charge in [0.2, 0.25) is 0 Å². The number of aromatic hydroxyl groups is 1. The number of benzene rings is 1. The third-order valence-corrected chi connectivity index (χ3v) is 2.54. The second-order valence-corrected chi connectivity index (χ2v) is 4.08. The van der Waals surface area contributed by atoms with E-state index in [-0.39, 0.29) is 17.4 Å². The summed E-state index contributed by atoms with van der Waals surface area (Å²) in [4.78, 5) is 11.9. The molecule has 0 heterocycles. The summed E-state index contributed by atoms with van der Waals surface area (Å²) in [7, 11) is 1.56. The molecule has 5 heteroatoms. The van der Waals surface area contributed by atoms with Crippen molar-refractivity contribution in [3.8, 4) is 5.75 Å². The molecule has 1 amide bonds. The average Bonchev–Trinajstić information content (AvgIpc) is 2.29. The number of carbonyl (C=O) groups excluding carboxylic acids is 1. The minimum atomic E-state index is -0.578. The highest BCUT2D eigenvalue weighted by atomic mass is 19.1. The van der Waals surface area contributed by atoms with E-state index in [1.54, 1.807) is 7.11 Å². The summed E-state index contributed by atoms with van der Waals surface area (Å²) in [6.45, 7) is 2.41. The number of carbonyl (C=O) groups is 1. The van der Waals surface area contributed by atoms with Crippen molar-refractivity contribution in [3.05, 3.63) is 29.6 Å². The second-order valence-electron chi connectivity index (χ2n) is 4.08. The van der Waals surface area contributed by atoms with Crippen molar-refractivity contribution in [1.82, 2.24) is 5.32 Å². The van der Waals surface area contributed by atoms with Gasteiger partial charge < -0.3 is 15.2 Å². The molecule has 0 aliphatic heterocycles. The summed E-state index contributed by atoms with van der Waals surface area (Å²) >= 11 is 0. The zero-order valence-corrected chi connectivity index (χ0v) is 10.6. The molecule has 100 valence electrons. The highest BCUT2D eigenvalue weighted by Crippen LogP contribution is 2.18. The van der Waals surface area contributed by atoms with E-state index in [0.29, 0.717) is 6.61 Å². The number of phenolic OH excluding ortho intramolecular Hbond substituents is 1. The fourth-order valence-corrected chi connectivity index (χ4v) is 1.71. The standard InChI is InChI=1S/C13H18FNO3/c1-3-4-10(8-18-2)15-13(17)11-6-5-9(14)7-12(11)16/h5-7,10,16H,3-4,8H2,1-2H3,(H,15,17). The van der Waals surface area contributed by atoms with Gasteiger partial charge in [-0.3, -0.25) is 4.79 Å². The van der Waals surface area contributed by atoms with Crippen molar-refractivity contribution in [2.24, 2.45) is 0 Å². The number of nitrogens with one attached hydrogen (secondary N) is 1. The van der Waals surface area contributed by atoms with Crippen LogP contribution in [0.4, 0.5) is 4.39 Å². The van der Waals surface area contributed by atoms with Gasteiger partial charge in [0, 0.05) is 13.2 Å². The maximum absolute atomic E-state index is 12.8. The van der Waals surface area contributed by atoms with Crippen LogP contribution in [0.3, 0.4) is 0 Å². The Bertz CT molecular complexity index is 403. The van der Waals surface area contributed by atoms with Gasteiger partial charge in [-0.2, -0.15) is 0 Å². The third-order valence-electron chi connectivity index (χ3n) is 2.54. The van der Waals surface area contributed by atoms with Crippen LogP contribution in [-0.4, -0.2) is 30.8 Å². The molecule has 1 aromatic carbocycles. The van der Waals surface area contributed by atoms with Crippen LogP contribution in [0.25, 0.3) is 0 Å². The molecule has 2 N–H and O–H groups in total. The molecule has 0 radical (unpaired) electrons. The largest absolute Gasteiger partial charge is 0.507 e. The van der Waals surface area contributed by atoms with E-state index in [9.17, 15) is 14.3 Å². The molecule has 1 unspecified atom stereocenters. The summed E-state index contributed by atoms with van der Waals surface area (Å²) in [5, 5.41) is 12.3. The maximum Gasteiger partial charge on any atom is 0.255 e. The summed E-state index contributed by atoms with van der Waals surface area (Å²) in [5.74, 6) is -1.37. The van der Waals surface area contributed by atoms with Crippen molar-refractivity contribution < 1.29 is 19.0 Å². The predicted molar refractivity (Wildman–Crippen MR) is 66.1 cm³/mol. The Balaban J connectivity index is 2.73. The Morgan fingerprint density at radius 2 is 2.28 bits per heavy atom. The molecule has 0 fully saturated rings. The first-order valence-electron chi connectivity index (χ1n) is 5.86. The van der Waals surface area contributed by atoms with Crippen molar-refractivity contribution in [2.75, 3.05) is 13.7 Å². The van der Waals surface area contributed by atoms with E-state index >= 15 is 0 Å². The number of phenols is 1. The minimum Gasteiger partial charge on any atom is -0.507 e. The van der Waals surface area contributed by atoms with Crippen molar-refractivity contribution >= 4 is 5.91 Å². The lowest BCUT2D eigenvalue weighted by Crippen LogP contribution is -2.37. The van der Waals surface area contributed by atoms with Crippen LogP contribution in [0.2, 0.25) is 0 Å². The maximum atomic E-state index is 12.8. The SMILES string of the molecule is CCCC(COC)NC(=O)c1ccc(F)cc1O. The van der Waals surface area contributed by atoms with E-state index in [1.807, 2.05) is 6.92 Å². The van der Waals surface area contributed by atoms with Gasteiger partial charge in [-0.05, 0) is 18.6 Å². The second kappa shape index (κ2) is 6.96. The molecule has 0 bridgehead atoms. The predicted octanol–water partition coefficient (Wildman–Crippen LogP) is 2.08. The van der Waals surface area contributed by atoms with Crippen molar-refractivity contribution in [2.45, 2.75) is 25.8 Å². The first kappa shape index (κ1) is 14.4. The van der Waals surface area contributed by atoms with E-state index in [2.05, 4.69) is 5.32 Å². The lowest BCUT2D eigenvalue weighted by atomic mass is 10.1. The van der Waals surface area contributed by atoms with Crippen LogP contribution in [0.15, 0.2) is 18.2 Å². The molecule has 0 saturated carbocycles. The normalized spacial score (nSPS) is 12.2. The topological polar surface area (TPSA) is 58.6 Å². The number of ether oxygens (including phenoxy) is 1. The van der Waals surface area contributed by atoms with Crippen LogP contribution in [0.5, 0.6) is 5.75 Å². The molecule has 0 aliphatic carbocycles. The van der Waals surface area contributed by atoms with Gasteiger partial charge in [0.05, 0.1) is 18.2 Å². The molecule has 0 spiro atoms. The number of hydrogen-bond acceptors (Lipinski definition) is 3. The fourth-order valence-electron chi connectivity index (χ4n) is 1.71. The molecule has 0 aromatic heterocycles. The molecule has 4 nitrogen and oxygen atoms in total.